The molecule has 0 saturated carbocycles. The Kier molecular flexibility index (Phi) is 6.30. The number of aryl methyl sites for hydroxylation is 1. The van der Waals surface area contributed by atoms with E-state index in [0.717, 1.165) is 11.1 Å². The quantitative estimate of drug-likeness (QED) is 0.741. The minimum absolute atomic E-state index is 0.0470. The summed E-state index contributed by atoms with van der Waals surface area (Å²) in [5, 5.41) is 3.00. The van der Waals surface area contributed by atoms with E-state index in [2.05, 4.69) is 5.32 Å². The molecule has 2 rings (SSSR count). The lowest BCUT2D eigenvalue weighted by atomic mass is 9.82. The van der Waals surface area contributed by atoms with Crippen molar-refractivity contribution in [3.63, 3.8) is 0 Å². The summed E-state index contributed by atoms with van der Waals surface area (Å²) in [6.45, 7) is 8.00. The number of Topliss-reactive ketones (excluding diaryl/α,β-unsaturated/α-hetero) is 1. The lowest BCUT2D eigenvalue weighted by Gasteiger charge is -2.32. The number of ketones is 1. The molecule has 26 heavy (non-hydrogen) atoms. The molecular weight excluding hydrogens is 329 g/mol. The summed E-state index contributed by atoms with van der Waals surface area (Å²) in [6.07, 6.45) is 0.287. The predicted octanol–water partition coefficient (Wildman–Crippen LogP) is 5.00. The zero-order valence-electron chi connectivity index (χ0n) is 15.8. The maximum absolute atomic E-state index is 13.2. The van der Waals surface area contributed by atoms with E-state index < -0.39 is 0 Å². The van der Waals surface area contributed by atoms with Crippen molar-refractivity contribution in [2.24, 2.45) is 5.41 Å². The summed E-state index contributed by atoms with van der Waals surface area (Å²) < 4.78 is 13.2. The number of halogens is 1. The van der Waals surface area contributed by atoms with Gasteiger partial charge in [0, 0.05) is 18.4 Å². The molecule has 1 atom stereocenters. The predicted molar refractivity (Wildman–Crippen MR) is 101 cm³/mol. The number of hydrogen-bond donors (Lipinski definition) is 1. The highest BCUT2D eigenvalue weighted by atomic mass is 19.1. The molecule has 1 amide bonds. The van der Waals surface area contributed by atoms with Gasteiger partial charge >= 0.3 is 0 Å². The summed E-state index contributed by atoms with van der Waals surface area (Å²) in [6, 6.07) is 13.2. The first kappa shape index (κ1) is 19.8. The van der Waals surface area contributed by atoms with Gasteiger partial charge in [-0.3, -0.25) is 9.59 Å². The van der Waals surface area contributed by atoms with Gasteiger partial charge in [0.15, 0.2) is 5.78 Å². The number of amides is 1. The molecule has 138 valence electrons. The largest absolute Gasteiger partial charge is 0.349 e. The van der Waals surface area contributed by atoms with Crippen molar-refractivity contribution in [3.8, 4) is 0 Å². The number of rotatable bonds is 6. The monoisotopic (exact) mass is 355 g/mol. The van der Waals surface area contributed by atoms with Gasteiger partial charge in [-0.15, -0.1) is 0 Å². The first-order valence-electron chi connectivity index (χ1n) is 8.81. The van der Waals surface area contributed by atoms with E-state index in [-0.39, 0.29) is 41.8 Å². The minimum Gasteiger partial charge on any atom is -0.349 e. The second-order valence-electron chi connectivity index (χ2n) is 7.71. The van der Waals surface area contributed by atoms with E-state index in [9.17, 15) is 14.0 Å². The molecule has 0 spiro atoms. The molecule has 0 aromatic heterocycles. The lowest BCUT2D eigenvalue weighted by molar-refractivity contribution is -0.122. The van der Waals surface area contributed by atoms with E-state index in [0.29, 0.717) is 5.56 Å². The highest BCUT2D eigenvalue weighted by molar-refractivity contribution is 5.98. The first-order chi connectivity index (χ1) is 12.2. The Morgan fingerprint density at radius 3 is 2.08 bits per heavy atom. The van der Waals surface area contributed by atoms with Gasteiger partial charge in [-0.25, -0.2) is 4.39 Å². The molecule has 2 aromatic rings. The molecule has 0 radical (unpaired) electrons. The van der Waals surface area contributed by atoms with Crippen LogP contribution in [-0.2, 0) is 4.79 Å². The number of nitrogens with one attached hydrogen (secondary N) is 1. The Labute approximate surface area is 154 Å². The molecule has 4 heteroatoms. The molecule has 2 aromatic carbocycles. The standard InChI is InChI=1S/C22H26FNO2/c1-15-5-7-16(8-6-15)19(25)13-14-20(26)24-21(22(2,3)4)17-9-11-18(23)12-10-17/h5-12,21H,13-14H2,1-4H3,(H,24,26). The highest BCUT2D eigenvalue weighted by Crippen LogP contribution is 2.32. The van der Waals surface area contributed by atoms with Crippen molar-refractivity contribution in [3.05, 3.63) is 71.0 Å². The Balaban J connectivity index is 2.00. The van der Waals surface area contributed by atoms with Crippen LogP contribution in [0.1, 0.15) is 61.1 Å². The van der Waals surface area contributed by atoms with Crippen molar-refractivity contribution in [1.82, 2.24) is 5.32 Å². The lowest BCUT2D eigenvalue weighted by Crippen LogP contribution is -2.36. The van der Waals surface area contributed by atoms with Crippen LogP contribution >= 0.6 is 0 Å². The average Bonchev–Trinajstić information content (AvgIpc) is 2.58. The number of carbonyl (C=O) groups is 2. The highest BCUT2D eigenvalue weighted by Gasteiger charge is 2.28. The minimum atomic E-state index is -0.309. The van der Waals surface area contributed by atoms with Gasteiger partial charge in [0.1, 0.15) is 5.82 Å². The van der Waals surface area contributed by atoms with E-state index in [1.54, 1.807) is 24.3 Å². The third-order valence-corrected chi connectivity index (χ3v) is 4.33. The average molecular weight is 355 g/mol. The Bertz CT molecular complexity index is 758. The molecule has 0 aliphatic carbocycles. The zero-order chi connectivity index (χ0) is 19.3. The van der Waals surface area contributed by atoms with Gasteiger partial charge in [0.05, 0.1) is 6.04 Å². The van der Waals surface area contributed by atoms with Gasteiger partial charge in [-0.05, 0) is 30.0 Å². The van der Waals surface area contributed by atoms with E-state index in [1.165, 1.54) is 12.1 Å². The normalized spacial score (nSPS) is 12.5. The molecule has 0 heterocycles. The first-order valence-corrected chi connectivity index (χ1v) is 8.81. The van der Waals surface area contributed by atoms with Gasteiger partial charge in [-0.2, -0.15) is 0 Å². The second-order valence-corrected chi connectivity index (χ2v) is 7.71. The van der Waals surface area contributed by atoms with Gasteiger partial charge < -0.3 is 5.32 Å². The molecule has 0 bridgehead atoms. The van der Waals surface area contributed by atoms with Crippen molar-refractivity contribution in [1.29, 1.82) is 0 Å². The molecule has 1 unspecified atom stereocenters. The molecule has 0 aliphatic rings. The Hall–Kier alpha value is -2.49. The van der Waals surface area contributed by atoms with Gasteiger partial charge in [0.25, 0.3) is 0 Å². The summed E-state index contributed by atoms with van der Waals surface area (Å²) in [5.74, 6) is -0.541. The summed E-state index contributed by atoms with van der Waals surface area (Å²) in [5.41, 5.74) is 2.31. The van der Waals surface area contributed by atoms with E-state index in [1.807, 2.05) is 39.8 Å². The van der Waals surface area contributed by atoms with Crippen molar-refractivity contribution < 1.29 is 14.0 Å². The summed E-state index contributed by atoms with van der Waals surface area (Å²) in [7, 11) is 0. The van der Waals surface area contributed by atoms with E-state index in [4.69, 9.17) is 0 Å². The second kappa shape index (κ2) is 8.26. The van der Waals surface area contributed by atoms with Crippen molar-refractivity contribution >= 4 is 11.7 Å². The van der Waals surface area contributed by atoms with Gasteiger partial charge in [-0.1, -0.05) is 62.7 Å². The molecule has 1 N–H and O–H groups in total. The third kappa shape index (κ3) is 5.51. The van der Waals surface area contributed by atoms with Crippen LogP contribution in [0, 0.1) is 18.2 Å². The van der Waals surface area contributed by atoms with Crippen molar-refractivity contribution in [2.75, 3.05) is 0 Å². The van der Waals surface area contributed by atoms with Crippen LogP contribution in [0.2, 0.25) is 0 Å². The van der Waals surface area contributed by atoms with Crippen LogP contribution in [0.5, 0.6) is 0 Å². The van der Waals surface area contributed by atoms with Crippen LogP contribution in [0.4, 0.5) is 4.39 Å². The van der Waals surface area contributed by atoms with Crippen LogP contribution in [0.3, 0.4) is 0 Å². The SMILES string of the molecule is Cc1ccc(C(=O)CCC(=O)NC(c2ccc(F)cc2)C(C)(C)C)cc1. The van der Waals surface area contributed by atoms with E-state index >= 15 is 0 Å². The van der Waals surface area contributed by atoms with Crippen LogP contribution in [0.25, 0.3) is 0 Å². The molecule has 0 saturated heterocycles. The Morgan fingerprint density at radius 2 is 1.54 bits per heavy atom. The molecule has 0 aliphatic heterocycles. The number of carbonyl (C=O) groups excluding carboxylic acids is 2. The van der Waals surface area contributed by atoms with Crippen LogP contribution < -0.4 is 5.32 Å². The van der Waals surface area contributed by atoms with Crippen LogP contribution in [-0.4, -0.2) is 11.7 Å². The van der Waals surface area contributed by atoms with Crippen molar-refractivity contribution in [2.45, 2.75) is 46.6 Å². The fraction of sp³-hybridized carbons (Fsp3) is 0.364. The Morgan fingerprint density at radius 1 is 0.962 bits per heavy atom. The molecule has 0 fully saturated rings. The van der Waals surface area contributed by atoms with Gasteiger partial charge in [0.2, 0.25) is 5.91 Å². The maximum atomic E-state index is 13.2. The topological polar surface area (TPSA) is 46.2 Å². The molecule has 3 nitrogen and oxygen atoms in total. The molecular formula is C22H26FNO2. The zero-order valence-corrected chi connectivity index (χ0v) is 15.8. The summed E-state index contributed by atoms with van der Waals surface area (Å²) in [4.78, 5) is 24.6. The summed E-state index contributed by atoms with van der Waals surface area (Å²) >= 11 is 0. The smallest absolute Gasteiger partial charge is 0.220 e. The number of hydrogen-bond acceptors (Lipinski definition) is 2. The fourth-order valence-electron chi connectivity index (χ4n) is 2.80. The van der Waals surface area contributed by atoms with Crippen LogP contribution in [0.15, 0.2) is 48.5 Å². The third-order valence-electron chi connectivity index (χ3n) is 4.33. The maximum Gasteiger partial charge on any atom is 0.220 e. The number of benzene rings is 2. The fourth-order valence-corrected chi connectivity index (χ4v) is 2.80.